The molecule has 0 bridgehead atoms. The van der Waals surface area contributed by atoms with Crippen molar-refractivity contribution in [1.29, 1.82) is 0 Å². The average molecular weight is 323 g/mol. The zero-order valence-corrected chi connectivity index (χ0v) is 13.1. The van der Waals surface area contributed by atoms with Gasteiger partial charge in [-0.05, 0) is 32.6 Å². The van der Waals surface area contributed by atoms with Gasteiger partial charge in [0.05, 0.1) is 0 Å². The molecule has 0 radical (unpaired) electrons. The fraction of sp³-hybridized carbons (Fsp3) is 0.733. The average Bonchev–Trinajstić information content (AvgIpc) is 3.19. The largest absolute Gasteiger partial charge is 0.480 e. The fourth-order valence-electron chi connectivity index (χ4n) is 3.95. The number of aliphatic carboxylic acids is 1. The van der Waals surface area contributed by atoms with Crippen molar-refractivity contribution in [1.82, 2.24) is 15.1 Å². The van der Waals surface area contributed by atoms with Crippen molar-refractivity contribution >= 4 is 23.8 Å². The number of carbonyl (C=O) groups excluding carboxylic acids is 3. The normalized spacial score (nSPS) is 27.6. The van der Waals surface area contributed by atoms with Crippen molar-refractivity contribution in [3.05, 3.63) is 0 Å². The van der Waals surface area contributed by atoms with Gasteiger partial charge in [-0.25, -0.2) is 14.5 Å². The number of hydrogen-bond donors (Lipinski definition) is 2. The zero-order chi connectivity index (χ0) is 16.8. The quantitative estimate of drug-likeness (QED) is 0.727. The lowest BCUT2D eigenvalue weighted by Gasteiger charge is -2.29. The van der Waals surface area contributed by atoms with Crippen molar-refractivity contribution < 1.29 is 24.3 Å². The van der Waals surface area contributed by atoms with Gasteiger partial charge in [-0.3, -0.25) is 9.59 Å². The van der Waals surface area contributed by atoms with E-state index < -0.39 is 35.5 Å². The second kappa shape index (κ2) is 5.50. The zero-order valence-electron chi connectivity index (χ0n) is 13.1. The molecular weight excluding hydrogens is 302 g/mol. The molecule has 2 N–H and O–H groups in total. The van der Waals surface area contributed by atoms with Gasteiger partial charge in [-0.15, -0.1) is 0 Å². The maximum absolute atomic E-state index is 12.7. The molecule has 3 rings (SSSR count). The lowest BCUT2D eigenvalue weighted by atomic mass is 9.97. The Morgan fingerprint density at radius 3 is 2.52 bits per heavy atom. The van der Waals surface area contributed by atoms with E-state index >= 15 is 0 Å². The van der Waals surface area contributed by atoms with E-state index in [9.17, 15) is 24.3 Å². The van der Waals surface area contributed by atoms with Gasteiger partial charge in [0.2, 0.25) is 5.91 Å². The molecule has 2 atom stereocenters. The molecule has 4 amide bonds. The molecule has 1 saturated carbocycles. The molecule has 8 heteroatoms. The van der Waals surface area contributed by atoms with E-state index in [0.29, 0.717) is 32.2 Å². The van der Waals surface area contributed by atoms with Gasteiger partial charge in [-0.2, -0.15) is 0 Å². The first-order valence-corrected chi connectivity index (χ1v) is 8.06. The molecule has 2 heterocycles. The van der Waals surface area contributed by atoms with Crippen LogP contribution in [0.15, 0.2) is 0 Å². The number of carboxylic acids is 1. The number of amides is 4. The number of carbonyl (C=O) groups is 4. The highest BCUT2D eigenvalue weighted by atomic mass is 16.4. The topological polar surface area (TPSA) is 107 Å². The molecule has 126 valence electrons. The number of hydrogen-bond acceptors (Lipinski definition) is 4. The molecular formula is C15H21N3O5. The van der Waals surface area contributed by atoms with Crippen molar-refractivity contribution in [2.45, 2.75) is 63.1 Å². The van der Waals surface area contributed by atoms with Crippen LogP contribution in [-0.4, -0.2) is 62.9 Å². The molecule has 0 aromatic heterocycles. The smallest absolute Gasteiger partial charge is 0.326 e. The Kier molecular flexibility index (Phi) is 3.77. The summed E-state index contributed by atoms with van der Waals surface area (Å²) < 4.78 is 0. The van der Waals surface area contributed by atoms with Gasteiger partial charge >= 0.3 is 12.0 Å². The lowest BCUT2D eigenvalue weighted by molar-refractivity contribution is -0.151. The number of urea groups is 1. The van der Waals surface area contributed by atoms with Crippen LogP contribution in [0.1, 0.15) is 45.4 Å². The molecule has 0 aromatic carbocycles. The minimum absolute atomic E-state index is 0.342. The Balaban J connectivity index is 1.78. The van der Waals surface area contributed by atoms with Crippen molar-refractivity contribution in [2.75, 3.05) is 6.54 Å². The number of carboxylic acid groups (broad SMARTS) is 1. The van der Waals surface area contributed by atoms with Crippen LogP contribution in [0.2, 0.25) is 0 Å². The second-order valence-corrected chi connectivity index (χ2v) is 6.60. The highest BCUT2D eigenvalue weighted by molar-refractivity contribution is 6.10. The summed E-state index contributed by atoms with van der Waals surface area (Å²) in [6, 6.07) is -2.41. The standard InChI is InChI=1S/C15H21N3O5/c1-9(11(19)17-8-4-5-10(17)12(20)21)18-13(22)15(16-14(18)23)6-2-3-7-15/h9-10H,2-8H2,1H3,(H,16,23)(H,20,21)/t9-,10-/m1/s1. The molecule has 2 aliphatic heterocycles. The predicted molar refractivity (Wildman–Crippen MR) is 78.4 cm³/mol. The van der Waals surface area contributed by atoms with E-state index in [4.69, 9.17) is 0 Å². The maximum atomic E-state index is 12.7. The van der Waals surface area contributed by atoms with E-state index in [0.717, 1.165) is 17.7 Å². The summed E-state index contributed by atoms with van der Waals surface area (Å²) in [4.78, 5) is 51.0. The number of imide groups is 1. The first-order valence-electron chi connectivity index (χ1n) is 8.06. The Morgan fingerprint density at radius 2 is 1.91 bits per heavy atom. The monoisotopic (exact) mass is 323 g/mol. The third kappa shape index (κ3) is 2.36. The van der Waals surface area contributed by atoms with Crippen molar-refractivity contribution in [3.8, 4) is 0 Å². The second-order valence-electron chi connectivity index (χ2n) is 6.60. The van der Waals surface area contributed by atoms with Gasteiger partial charge < -0.3 is 15.3 Å². The molecule has 23 heavy (non-hydrogen) atoms. The van der Waals surface area contributed by atoms with E-state index in [1.54, 1.807) is 0 Å². The van der Waals surface area contributed by atoms with Gasteiger partial charge in [0.25, 0.3) is 5.91 Å². The van der Waals surface area contributed by atoms with Gasteiger partial charge in [0.1, 0.15) is 17.6 Å². The van der Waals surface area contributed by atoms with Crippen molar-refractivity contribution in [2.24, 2.45) is 0 Å². The van der Waals surface area contributed by atoms with Gasteiger partial charge in [0, 0.05) is 6.54 Å². The summed E-state index contributed by atoms with van der Waals surface area (Å²) in [6.45, 7) is 1.83. The Morgan fingerprint density at radius 1 is 1.26 bits per heavy atom. The Bertz CT molecular complexity index is 569. The molecule has 8 nitrogen and oxygen atoms in total. The minimum Gasteiger partial charge on any atom is -0.480 e. The Hall–Kier alpha value is -2.12. The van der Waals surface area contributed by atoms with Crippen LogP contribution in [0.4, 0.5) is 4.79 Å². The summed E-state index contributed by atoms with van der Waals surface area (Å²) in [6.07, 6.45) is 3.94. The predicted octanol–water partition coefficient (Wildman–Crippen LogP) is 0.315. The molecule has 3 fully saturated rings. The minimum atomic E-state index is -1.05. The summed E-state index contributed by atoms with van der Waals surface area (Å²) in [5, 5.41) is 11.9. The summed E-state index contributed by atoms with van der Waals surface area (Å²) in [5.74, 6) is -1.88. The number of nitrogens with one attached hydrogen (secondary N) is 1. The van der Waals surface area contributed by atoms with Crippen LogP contribution < -0.4 is 5.32 Å². The molecule has 0 unspecified atom stereocenters. The first-order chi connectivity index (χ1) is 10.9. The maximum Gasteiger partial charge on any atom is 0.326 e. The number of nitrogens with zero attached hydrogens (tertiary/aromatic N) is 2. The van der Waals surface area contributed by atoms with Crippen LogP contribution >= 0.6 is 0 Å². The molecule has 1 aliphatic carbocycles. The number of rotatable bonds is 3. The van der Waals surface area contributed by atoms with Crippen LogP contribution in [0.3, 0.4) is 0 Å². The Labute approximate surface area is 133 Å². The van der Waals surface area contributed by atoms with E-state index in [-0.39, 0.29) is 5.91 Å². The van der Waals surface area contributed by atoms with Crippen LogP contribution in [0.5, 0.6) is 0 Å². The van der Waals surface area contributed by atoms with E-state index in [1.165, 1.54) is 11.8 Å². The van der Waals surface area contributed by atoms with Crippen LogP contribution in [-0.2, 0) is 14.4 Å². The summed E-state index contributed by atoms with van der Waals surface area (Å²) >= 11 is 0. The van der Waals surface area contributed by atoms with Crippen molar-refractivity contribution in [3.63, 3.8) is 0 Å². The molecule has 0 aromatic rings. The fourth-order valence-corrected chi connectivity index (χ4v) is 3.95. The van der Waals surface area contributed by atoms with Gasteiger partial charge in [0.15, 0.2) is 0 Å². The lowest BCUT2D eigenvalue weighted by Crippen LogP contribution is -2.53. The van der Waals surface area contributed by atoms with E-state index in [2.05, 4.69) is 5.32 Å². The highest BCUT2D eigenvalue weighted by Gasteiger charge is 2.55. The summed E-state index contributed by atoms with van der Waals surface area (Å²) in [5.41, 5.74) is -0.858. The SMILES string of the molecule is C[C@H](C(=O)N1CCC[C@@H]1C(=O)O)N1C(=O)NC2(CCCC2)C1=O. The molecule has 2 saturated heterocycles. The molecule has 1 spiro atoms. The van der Waals surface area contributed by atoms with Crippen LogP contribution in [0.25, 0.3) is 0 Å². The third-order valence-corrected chi connectivity index (χ3v) is 5.22. The van der Waals surface area contributed by atoms with E-state index in [1.807, 2.05) is 0 Å². The number of likely N-dealkylation sites (tertiary alicyclic amines) is 1. The molecule has 3 aliphatic rings. The summed E-state index contributed by atoms with van der Waals surface area (Å²) in [7, 11) is 0. The first kappa shape index (κ1) is 15.8. The van der Waals surface area contributed by atoms with Crippen LogP contribution in [0, 0.1) is 0 Å². The third-order valence-electron chi connectivity index (χ3n) is 5.22. The highest BCUT2D eigenvalue weighted by Crippen LogP contribution is 2.36. The van der Waals surface area contributed by atoms with Gasteiger partial charge in [-0.1, -0.05) is 12.8 Å².